The molecular formula is C18H19N5O2S. The molecule has 26 heavy (non-hydrogen) atoms. The molecule has 134 valence electrons. The summed E-state index contributed by atoms with van der Waals surface area (Å²) in [6.07, 6.45) is 7.76. The minimum absolute atomic E-state index is 0.188. The molecule has 7 nitrogen and oxygen atoms in total. The van der Waals surface area contributed by atoms with Crippen LogP contribution in [0.5, 0.6) is 0 Å². The van der Waals surface area contributed by atoms with E-state index in [1.807, 2.05) is 10.8 Å². The molecule has 1 aromatic carbocycles. The monoisotopic (exact) mass is 369 g/mol. The standard InChI is InChI=1S/C18H19N5O2S/c1-2-8-23-17(25)14-5-4-13(11-15(14)21-18(23)26)16(24)20-6-3-9-22-10-7-19-12-22/h2,4-5,7,10-12H,1,3,6,8-9H2,(H,20,24)(H,21,26). The van der Waals surface area contributed by atoms with Crippen molar-refractivity contribution in [3.8, 4) is 0 Å². The Morgan fingerprint density at radius 1 is 1.42 bits per heavy atom. The Bertz CT molecular complexity index is 1050. The lowest BCUT2D eigenvalue weighted by Crippen LogP contribution is -2.26. The summed E-state index contributed by atoms with van der Waals surface area (Å²) in [6.45, 7) is 5.30. The highest BCUT2D eigenvalue weighted by Crippen LogP contribution is 2.11. The maximum atomic E-state index is 12.5. The van der Waals surface area contributed by atoms with Crippen LogP contribution in [0.1, 0.15) is 16.8 Å². The lowest BCUT2D eigenvalue weighted by atomic mass is 10.1. The fraction of sp³-hybridized carbons (Fsp3) is 0.222. The zero-order valence-corrected chi connectivity index (χ0v) is 15.0. The Morgan fingerprint density at radius 2 is 2.27 bits per heavy atom. The molecule has 0 bridgehead atoms. The number of benzene rings is 1. The highest BCUT2D eigenvalue weighted by Gasteiger charge is 2.09. The van der Waals surface area contributed by atoms with Crippen LogP contribution in [0.4, 0.5) is 0 Å². The van der Waals surface area contributed by atoms with Gasteiger partial charge in [0.25, 0.3) is 11.5 Å². The predicted molar refractivity (Wildman–Crippen MR) is 103 cm³/mol. The van der Waals surface area contributed by atoms with Gasteiger partial charge in [-0.05, 0) is 36.8 Å². The summed E-state index contributed by atoms with van der Waals surface area (Å²) in [5.74, 6) is -0.188. The van der Waals surface area contributed by atoms with E-state index in [1.54, 1.807) is 36.8 Å². The third-order valence-electron chi connectivity index (χ3n) is 3.99. The number of amides is 1. The van der Waals surface area contributed by atoms with Crippen molar-refractivity contribution in [1.82, 2.24) is 24.4 Å². The fourth-order valence-electron chi connectivity index (χ4n) is 2.68. The SMILES string of the molecule is C=CCn1c(=S)[nH]c2cc(C(=O)NCCCn3ccnc3)ccc2c1=O. The van der Waals surface area contributed by atoms with E-state index in [2.05, 4.69) is 21.9 Å². The zero-order valence-electron chi connectivity index (χ0n) is 14.1. The van der Waals surface area contributed by atoms with Crippen LogP contribution >= 0.6 is 12.2 Å². The van der Waals surface area contributed by atoms with Crippen LogP contribution in [-0.2, 0) is 13.1 Å². The Balaban J connectivity index is 1.72. The molecule has 3 aromatic rings. The highest BCUT2D eigenvalue weighted by atomic mass is 32.1. The summed E-state index contributed by atoms with van der Waals surface area (Å²) in [5, 5.41) is 3.36. The van der Waals surface area contributed by atoms with Gasteiger partial charge in [0.15, 0.2) is 4.77 Å². The van der Waals surface area contributed by atoms with Crippen molar-refractivity contribution in [3.05, 3.63) is 70.3 Å². The molecule has 8 heteroatoms. The number of aromatic nitrogens is 4. The first-order valence-corrected chi connectivity index (χ1v) is 8.62. The summed E-state index contributed by atoms with van der Waals surface area (Å²) < 4.78 is 3.69. The van der Waals surface area contributed by atoms with Gasteiger partial charge in [0.2, 0.25) is 0 Å². The predicted octanol–water partition coefficient (Wildman–Crippen LogP) is 2.26. The topological polar surface area (TPSA) is 84.7 Å². The molecule has 1 amide bonds. The number of aromatic amines is 1. The Morgan fingerprint density at radius 3 is 3.00 bits per heavy atom. The molecule has 0 aliphatic rings. The maximum absolute atomic E-state index is 12.5. The summed E-state index contributed by atoms with van der Waals surface area (Å²) in [5.41, 5.74) is 0.828. The molecule has 0 spiro atoms. The zero-order chi connectivity index (χ0) is 18.5. The van der Waals surface area contributed by atoms with E-state index < -0.39 is 0 Å². The lowest BCUT2D eigenvalue weighted by Gasteiger charge is -2.08. The van der Waals surface area contributed by atoms with E-state index in [-0.39, 0.29) is 11.5 Å². The first-order valence-electron chi connectivity index (χ1n) is 8.22. The van der Waals surface area contributed by atoms with Crippen molar-refractivity contribution in [2.75, 3.05) is 6.54 Å². The van der Waals surface area contributed by atoms with Gasteiger partial charge in [-0.2, -0.15) is 0 Å². The fourth-order valence-corrected chi connectivity index (χ4v) is 2.94. The maximum Gasteiger partial charge on any atom is 0.262 e. The van der Waals surface area contributed by atoms with Crippen molar-refractivity contribution in [1.29, 1.82) is 0 Å². The van der Waals surface area contributed by atoms with E-state index in [0.29, 0.717) is 34.3 Å². The van der Waals surface area contributed by atoms with Crippen molar-refractivity contribution >= 4 is 29.0 Å². The van der Waals surface area contributed by atoms with Gasteiger partial charge in [0, 0.05) is 37.6 Å². The molecule has 0 aliphatic carbocycles. The summed E-state index contributed by atoms with van der Waals surface area (Å²) in [4.78, 5) is 31.8. The largest absolute Gasteiger partial charge is 0.352 e. The number of imidazole rings is 1. The molecular weight excluding hydrogens is 350 g/mol. The number of carbonyl (C=O) groups excluding carboxylic acids is 1. The van der Waals surface area contributed by atoms with E-state index >= 15 is 0 Å². The van der Waals surface area contributed by atoms with Crippen molar-refractivity contribution in [3.63, 3.8) is 0 Å². The minimum Gasteiger partial charge on any atom is -0.352 e. The molecule has 2 N–H and O–H groups in total. The van der Waals surface area contributed by atoms with Gasteiger partial charge < -0.3 is 14.9 Å². The van der Waals surface area contributed by atoms with Crippen LogP contribution in [0.15, 0.2) is 54.4 Å². The number of fused-ring (bicyclic) bond motifs is 1. The number of rotatable bonds is 7. The molecule has 0 atom stereocenters. The number of nitrogens with one attached hydrogen (secondary N) is 2. The van der Waals surface area contributed by atoms with Crippen LogP contribution in [0, 0.1) is 4.77 Å². The smallest absolute Gasteiger partial charge is 0.262 e. The number of nitrogens with zero attached hydrogens (tertiary/aromatic N) is 3. The van der Waals surface area contributed by atoms with Gasteiger partial charge in [0.05, 0.1) is 17.2 Å². The summed E-state index contributed by atoms with van der Waals surface area (Å²) in [6, 6.07) is 4.93. The molecule has 2 aromatic heterocycles. The minimum atomic E-state index is -0.198. The molecule has 2 heterocycles. The van der Waals surface area contributed by atoms with Gasteiger partial charge in [-0.1, -0.05) is 6.08 Å². The van der Waals surface area contributed by atoms with E-state index in [4.69, 9.17) is 12.2 Å². The van der Waals surface area contributed by atoms with E-state index in [9.17, 15) is 9.59 Å². The number of carbonyl (C=O) groups is 1. The molecule has 0 saturated heterocycles. The van der Waals surface area contributed by atoms with Crippen LogP contribution < -0.4 is 10.9 Å². The average Bonchev–Trinajstić information content (AvgIpc) is 3.15. The Labute approximate surface area is 155 Å². The molecule has 0 fully saturated rings. The highest BCUT2D eigenvalue weighted by molar-refractivity contribution is 7.71. The van der Waals surface area contributed by atoms with Crippen molar-refractivity contribution in [2.24, 2.45) is 0 Å². The molecule has 0 unspecified atom stereocenters. The Hall–Kier alpha value is -3.00. The lowest BCUT2D eigenvalue weighted by molar-refractivity contribution is 0.0953. The molecule has 3 rings (SSSR count). The Kier molecular flexibility index (Phi) is 5.43. The van der Waals surface area contributed by atoms with Crippen LogP contribution in [0.2, 0.25) is 0 Å². The number of H-pyrrole nitrogens is 1. The third kappa shape index (κ3) is 3.80. The van der Waals surface area contributed by atoms with Gasteiger partial charge >= 0.3 is 0 Å². The van der Waals surface area contributed by atoms with Gasteiger partial charge in [-0.15, -0.1) is 6.58 Å². The molecule has 0 aliphatic heterocycles. The first kappa shape index (κ1) is 17.8. The van der Waals surface area contributed by atoms with Crippen LogP contribution in [0.25, 0.3) is 10.9 Å². The second-order valence-corrected chi connectivity index (χ2v) is 6.19. The van der Waals surface area contributed by atoms with E-state index in [0.717, 1.165) is 13.0 Å². The number of hydrogen-bond acceptors (Lipinski definition) is 4. The van der Waals surface area contributed by atoms with Gasteiger partial charge in [0.1, 0.15) is 0 Å². The van der Waals surface area contributed by atoms with Crippen molar-refractivity contribution in [2.45, 2.75) is 19.5 Å². The quantitative estimate of drug-likeness (QED) is 0.380. The molecule has 0 saturated carbocycles. The van der Waals surface area contributed by atoms with Gasteiger partial charge in [-0.3, -0.25) is 14.2 Å². The molecule has 0 radical (unpaired) electrons. The first-order chi connectivity index (χ1) is 12.6. The summed E-state index contributed by atoms with van der Waals surface area (Å²) >= 11 is 5.22. The number of hydrogen-bond donors (Lipinski definition) is 2. The second kappa shape index (κ2) is 7.92. The van der Waals surface area contributed by atoms with Crippen LogP contribution in [-0.4, -0.2) is 31.6 Å². The third-order valence-corrected chi connectivity index (χ3v) is 4.32. The van der Waals surface area contributed by atoms with E-state index in [1.165, 1.54) is 4.57 Å². The van der Waals surface area contributed by atoms with Crippen LogP contribution in [0.3, 0.4) is 0 Å². The average molecular weight is 369 g/mol. The van der Waals surface area contributed by atoms with Crippen molar-refractivity contribution < 1.29 is 4.79 Å². The van der Waals surface area contributed by atoms with Gasteiger partial charge in [-0.25, -0.2) is 4.98 Å². The second-order valence-electron chi connectivity index (χ2n) is 5.80. The number of allylic oxidation sites excluding steroid dienone is 1. The summed E-state index contributed by atoms with van der Waals surface area (Å²) in [7, 11) is 0. The number of aryl methyl sites for hydroxylation is 1. The normalized spacial score (nSPS) is 10.8.